The molecule has 0 atom stereocenters. The minimum atomic E-state index is -0.00517. The number of anilines is 1. The van der Waals surface area contributed by atoms with Crippen molar-refractivity contribution < 1.29 is 14.3 Å². The van der Waals surface area contributed by atoms with Crippen LogP contribution >= 0.6 is 0 Å². The van der Waals surface area contributed by atoms with Crippen molar-refractivity contribution in [3.8, 4) is 5.75 Å². The maximum atomic E-state index is 13.1. The second-order valence-electron chi connectivity index (χ2n) is 8.63. The van der Waals surface area contributed by atoms with Gasteiger partial charge in [0.25, 0.3) is 5.91 Å². The molecule has 170 valence electrons. The van der Waals surface area contributed by atoms with E-state index in [1.54, 1.807) is 31.4 Å². The lowest BCUT2D eigenvalue weighted by atomic mass is 9.93. The van der Waals surface area contributed by atoms with Crippen LogP contribution < -0.4 is 9.64 Å². The van der Waals surface area contributed by atoms with Crippen LogP contribution in [0.25, 0.3) is 0 Å². The zero-order chi connectivity index (χ0) is 23.5. The van der Waals surface area contributed by atoms with E-state index < -0.39 is 0 Å². The molecule has 3 aromatic carbocycles. The molecule has 1 aliphatic rings. The number of amides is 1. The average Bonchev–Trinajstić information content (AvgIpc) is 2.83. The van der Waals surface area contributed by atoms with Crippen LogP contribution in [0.2, 0.25) is 0 Å². The molecule has 5 heteroatoms. The lowest BCUT2D eigenvalue weighted by Gasteiger charge is -2.36. The number of carbonyl (C=O) groups excluding carboxylic acids is 2. The van der Waals surface area contributed by atoms with Crippen molar-refractivity contribution in [2.75, 3.05) is 38.2 Å². The van der Waals surface area contributed by atoms with Crippen LogP contribution in [0.5, 0.6) is 5.75 Å². The van der Waals surface area contributed by atoms with Crippen molar-refractivity contribution in [2.24, 2.45) is 0 Å². The van der Waals surface area contributed by atoms with E-state index in [0.717, 1.165) is 46.8 Å². The summed E-state index contributed by atoms with van der Waals surface area (Å²) in [6, 6.07) is 19.1. The SMILES string of the molecule is COc1ccccc1N1CCN(C(=O)c2ccc(C(=O)c3c(C)cc(C)cc3C)cc2)CC1. The van der Waals surface area contributed by atoms with Crippen molar-refractivity contribution in [1.82, 2.24) is 4.90 Å². The highest BCUT2D eigenvalue weighted by Gasteiger charge is 2.24. The fraction of sp³-hybridized carbons (Fsp3) is 0.286. The molecule has 0 radical (unpaired) electrons. The fourth-order valence-corrected chi connectivity index (χ4v) is 4.67. The smallest absolute Gasteiger partial charge is 0.253 e. The Labute approximate surface area is 195 Å². The normalized spacial score (nSPS) is 13.7. The Hall–Kier alpha value is -3.60. The molecule has 0 N–H and O–H groups in total. The highest BCUT2D eigenvalue weighted by molar-refractivity contribution is 6.11. The van der Waals surface area contributed by atoms with Gasteiger partial charge in [-0.1, -0.05) is 42.0 Å². The van der Waals surface area contributed by atoms with E-state index in [0.29, 0.717) is 24.2 Å². The van der Waals surface area contributed by atoms with Crippen molar-refractivity contribution in [3.63, 3.8) is 0 Å². The largest absolute Gasteiger partial charge is 0.495 e. The molecule has 0 unspecified atom stereocenters. The number of benzene rings is 3. The molecule has 1 amide bonds. The quantitative estimate of drug-likeness (QED) is 0.532. The maximum absolute atomic E-state index is 13.1. The van der Waals surface area contributed by atoms with Gasteiger partial charge in [-0.15, -0.1) is 0 Å². The van der Waals surface area contributed by atoms with Crippen LogP contribution in [0.4, 0.5) is 5.69 Å². The number of carbonyl (C=O) groups is 2. The van der Waals surface area contributed by atoms with Gasteiger partial charge in [0.1, 0.15) is 5.75 Å². The van der Waals surface area contributed by atoms with Crippen LogP contribution in [-0.4, -0.2) is 49.9 Å². The monoisotopic (exact) mass is 442 g/mol. The summed E-state index contributed by atoms with van der Waals surface area (Å²) in [5.74, 6) is 0.836. The first kappa shape index (κ1) is 22.6. The van der Waals surface area contributed by atoms with Crippen LogP contribution in [0.15, 0.2) is 60.7 Å². The topological polar surface area (TPSA) is 49.9 Å². The average molecular weight is 443 g/mol. The number of ketones is 1. The number of ether oxygens (including phenoxy) is 1. The summed E-state index contributed by atoms with van der Waals surface area (Å²) in [7, 11) is 1.68. The lowest BCUT2D eigenvalue weighted by Crippen LogP contribution is -2.48. The number of para-hydroxylation sites is 2. The first-order valence-corrected chi connectivity index (χ1v) is 11.3. The third-order valence-corrected chi connectivity index (χ3v) is 6.29. The molecule has 1 heterocycles. The van der Waals surface area contributed by atoms with Gasteiger partial charge >= 0.3 is 0 Å². The molecule has 33 heavy (non-hydrogen) atoms. The van der Waals surface area contributed by atoms with E-state index in [9.17, 15) is 9.59 Å². The molecular weight excluding hydrogens is 412 g/mol. The highest BCUT2D eigenvalue weighted by Crippen LogP contribution is 2.28. The zero-order valence-electron chi connectivity index (χ0n) is 19.7. The molecule has 0 aromatic heterocycles. The van der Waals surface area contributed by atoms with Crippen LogP contribution in [0.3, 0.4) is 0 Å². The summed E-state index contributed by atoms with van der Waals surface area (Å²) in [6.07, 6.45) is 0. The summed E-state index contributed by atoms with van der Waals surface area (Å²) in [6.45, 7) is 8.73. The van der Waals surface area contributed by atoms with Gasteiger partial charge in [-0.05, 0) is 56.2 Å². The van der Waals surface area contributed by atoms with Crippen molar-refractivity contribution in [2.45, 2.75) is 20.8 Å². The van der Waals surface area contributed by atoms with Gasteiger partial charge in [-0.2, -0.15) is 0 Å². The van der Waals surface area contributed by atoms with Gasteiger partial charge in [0, 0.05) is 42.9 Å². The second-order valence-corrected chi connectivity index (χ2v) is 8.63. The molecule has 1 saturated heterocycles. The van der Waals surface area contributed by atoms with E-state index in [1.807, 2.05) is 62.1 Å². The number of hydrogen-bond donors (Lipinski definition) is 0. The fourth-order valence-electron chi connectivity index (χ4n) is 4.67. The Morgan fingerprint density at radius 3 is 1.97 bits per heavy atom. The van der Waals surface area contributed by atoms with Gasteiger partial charge in [-0.25, -0.2) is 0 Å². The predicted octanol–water partition coefficient (Wildman–Crippen LogP) is 4.81. The van der Waals surface area contributed by atoms with Gasteiger partial charge in [0.2, 0.25) is 0 Å². The third kappa shape index (κ3) is 4.63. The van der Waals surface area contributed by atoms with Crippen molar-refractivity contribution in [1.29, 1.82) is 0 Å². The minimum absolute atomic E-state index is 0.00336. The van der Waals surface area contributed by atoms with Gasteiger partial charge < -0.3 is 14.5 Å². The maximum Gasteiger partial charge on any atom is 0.253 e. The molecule has 0 bridgehead atoms. The second kappa shape index (κ2) is 9.49. The molecule has 0 spiro atoms. The Morgan fingerprint density at radius 2 is 1.36 bits per heavy atom. The number of hydrogen-bond acceptors (Lipinski definition) is 4. The number of rotatable bonds is 5. The molecule has 1 fully saturated rings. The molecule has 0 aliphatic carbocycles. The Kier molecular flexibility index (Phi) is 6.50. The van der Waals surface area contributed by atoms with Crippen LogP contribution in [0.1, 0.15) is 43.0 Å². The van der Waals surface area contributed by atoms with E-state index in [4.69, 9.17) is 4.74 Å². The Morgan fingerprint density at radius 1 is 0.788 bits per heavy atom. The summed E-state index contributed by atoms with van der Waals surface area (Å²) >= 11 is 0. The van der Waals surface area contributed by atoms with E-state index in [2.05, 4.69) is 4.90 Å². The highest BCUT2D eigenvalue weighted by atomic mass is 16.5. The molecule has 0 saturated carbocycles. The summed E-state index contributed by atoms with van der Waals surface area (Å²) < 4.78 is 5.48. The number of piperazine rings is 1. The first-order chi connectivity index (χ1) is 15.9. The van der Waals surface area contributed by atoms with E-state index in [1.165, 1.54) is 0 Å². The molecule has 5 nitrogen and oxygen atoms in total. The standard InChI is InChI=1S/C28H30N2O3/c1-19-17-20(2)26(21(3)18-19)27(31)22-9-11-23(12-10-22)28(32)30-15-13-29(14-16-30)24-7-5-6-8-25(24)33-4/h5-12,17-18H,13-16H2,1-4H3. The molecule has 1 aliphatic heterocycles. The zero-order valence-corrected chi connectivity index (χ0v) is 19.7. The minimum Gasteiger partial charge on any atom is -0.495 e. The number of methoxy groups -OCH3 is 1. The van der Waals surface area contributed by atoms with Gasteiger partial charge in [0.15, 0.2) is 5.78 Å². The predicted molar refractivity (Wildman–Crippen MR) is 132 cm³/mol. The summed E-state index contributed by atoms with van der Waals surface area (Å²) in [5.41, 5.74) is 6.10. The van der Waals surface area contributed by atoms with E-state index in [-0.39, 0.29) is 11.7 Å². The van der Waals surface area contributed by atoms with Gasteiger partial charge in [-0.3, -0.25) is 9.59 Å². The molecule has 4 rings (SSSR count). The van der Waals surface area contributed by atoms with Crippen LogP contribution in [-0.2, 0) is 0 Å². The molecule has 3 aromatic rings. The summed E-state index contributed by atoms with van der Waals surface area (Å²) in [5, 5.41) is 0. The number of nitrogens with zero attached hydrogens (tertiary/aromatic N) is 2. The van der Waals surface area contributed by atoms with Crippen molar-refractivity contribution in [3.05, 3.63) is 94.0 Å². The third-order valence-electron chi connectivity index (χ3n) is 6.29. The van der Waals surface area contributed by atoms with Crippen molar-refractivity contribution >= 4 is 17.4 Å². The van der Waals surface area contributed by atoms with Crippen LogP contribution in [0, 0.1) is 20.8 Å². The van der Waals surface area contributed by atoms with E-state index >= 15 is 0 Å². The Balaban J connectivity index is 1.44. The summed E-state index contributed by atoms with van der Waals surface area (Å²) in [4.78, 5) is 30.3. The van der Waals surface area contributed by atoms with Gasteiger partial charge in [0.05, 0.1) is 12.8 Å². The Bertz CT molecular complexity index is 1150. The first-order valence-electron chi connectivity index (χ1n) is 11.3. The molecular formula is C28H30N2O3. The lowest BCUT2D eigenvalue weighted by molar-refractivity contribution is 0.0746. The number of aryl methyl sites for hydroxylation is 3.